The first-order valence-corrected chi connectivity index (χ1v) is 7.32. The molecule has 20 heavy (non-hydrogen) atoms. The van der Waals surface area contributed by atoms with Gasteiger partial charge in [0, 0.05) is 24.6 Å². The Kier molecular flexibility index (Phi) is 3.74. The molecule has 0 amide bonds. The summed E-state index contributed by atoms with van der Waals surface area (Å²) in [6.45, 7) is 1.23. The molecule has 1 aromatic carbocycles. The number of aliphatic hydroxyl groups excluding tert-OH is 1. The van der Waals surface area contributed by atoms with Gasteiger partial charge in [-0.05, 0) is 31.7 Å². The van der Waals surface area contributed by atoms with E-state index >= 15 is 0 Å². The van der Waals surface area contributed by atoms with Crippen molar-refractivity contribution in [2.75, 3.05) is 23.8 Å². The number of piperidine rings is 1. The first-order chi connectivity index (χ1) is 9.81. The average Bonchev–Trinajstić information content (AvgIpc) is 2.49. The van der Waals surface area contributed by atoms with E-state index in [9.17, 15) is 5.11 Å². The molecular formula is C16H21N3O. The largest absolute Gasteiger partial charge is 0.396 e. The molecule has 3 rings (SSSR count). The van der Waals surface area contributed by atoms with E-state index in [0.29, 0.717) is 6.04 Å². The molecule has 0 aliphatic carbocycles. The Labute approximate surface area is 119 Å². The van der Waals surface area contributed by atoms with Gasteiger partial charge in [-0.1, -0.05) is 18.2 Å². The number of para-hydroxylation sites is 1. The van der Waals surface area contributed by atoms with E-state index in [4.69, 9.17) is 5.73 Å². The summed E-state index contributed by atoms with van der Waals surface area (Å²) in [5, 5.41) is 10.4. The minimum atomic E-state index is 0.226. The number of nitrogens with two attached hydrogens (primary N) is 1. The SMILES string of the molecule is Nc1cnc2ccccc2c1N1CCCCC1CCO. The number of fused-ring (bicyclic) bond motifs is 1. The van der Waals surface area contributed by atoms with Crippen LogP contribution in [-0.4, -0.2) is 29.3 Å². The van der Waals surface area contributed by atoms with Gasteiger partial charge < -0.3 is 15.7 Å². The summed E-state index contributed by atoms with van der Waals surface area (Å²) >= 11 is 0. The van der Waals surface area contributed by atoms with Gasteiger partial charge in [0.25, 0.3) is 0 Å². The maximum absolute atomic E-state index is 9.30. The van der Waals surface area contributed by atoms with Gasteiger partial charge in [-0.3, -0.25) is 4.98 Å². The zero-order valence-corrected chi connectivity index (χ0v) is 11.6. The maximum atomic E-state index is 9.30. The highest BCUT2D eigenvalue weighted by atomic mass is 16.3. The number of rotatable bonds is 3. The smallest absolute Gasteiger partial charge is 0.0745 e. The summed E-state index contributed by atoms with van der Waals surface area (Å²) < 4.78 is 0. The number of anilines is 2. The van der Waals surface area contributed by atoms with E-state index in [-0.39, 0.29) is 6.61 Å². The van der Waals surface area contributed by atoms with E-state index in [1.807, 2.05) is 18.2 Å². The molecule has 1 aromatic heterocycles. The molecule has 1 aliphatic rings. The number of nitrogen functional groups attached to an aromatic ring is 1. The van der Waals surface area contributed by atoms with Crippen LogP contribution in [0.1, 0.15) is 25.7 Å². The first-order valence-electron chi connectivity index (χ1n) is 7.32. The van der Waals surface area contributed by atoms with Gasteiger partial charge in [0.15, 0.2) is 0 Å². The molecule has 1 fully saturated rings. The van der Waals surface area contributed by atoms with E-state index in [1.54, 1.807) is 6.20 Å². The van der Waals surface area contributed by atoms with Crippen LogP contribution in [0.5, 0.6) is 0 Å². The Balaban J connectivity index is 2.09. The summed E-state index contributed by atoms with van der Waals surface area (Å²) in [5.41, 5.74) is 9.01. The van der Waals surface area contributed by atoms with Crippen molar-refractivity contribution in [1.29, 1.82) is 0 Å². The van der Waals surface area contributed by atoms with Gasteiger partial charge in [-0.15, -0.1) is 0 Å². The molecule has 106 valence electrons. The molecule has 2 heterocycles. The van der Waals surface area contributed by atoms with Gasteiger partial charge in [-0.25, -0.2) is 0 Å². The third kappa shape index (κ3) is 2.31. The van der Waals surface area contributed by atoms with Gasteiger partial charge in [0.05, 0.1) is 23.1 Å². The summed E-state index contributed by atoms with van der Waals surface area (Å²) in [7, 11) is 0. The van der Waals surface area contributed by atoms with E-state index in [0.717, 1.165) is 41.7 Å². The normalized spacial score (nSPS) is 19.4. The lowest BCUT2D eigenvalue weighted by atomic mass is 9.97. The number of benzene rings is 1. The standard InChI is InChI=1S/C16H21N3O/c17-14-11-18-15-7-2-1-6-13(15)16(14)19-9-4-3-5-12(19)8-10-20/h1-2,6-7,11-12,20H,3-5,8-10,17H2. The van der Waals surface area contributed by atoms with Crippen LogP contribution < -0.4 is 10.6 Å². The number of aromatic nitrogens is 1. The fourth-order valence-corrected chi connectivity index (χ4v) is 3.21. The Morgan fingerprint density at radius 3 is 3.00 bits per heavy atom. The van der Waals surface area contributed by atoms with Crippen LogP contribution in [-0.2, 0) is 0 Å². The van der Waals surface area contributed by atoms with E-state index < -0.39 is 0 Å². The lowest BCUT2D eigenvalue weighted by Crippen LogP contribution is -2.40. The fraction of sp³-hybridized carbons (Fsp3) is 0.438. The second kappa shape index (κ2) is 5.67. The van der Waals surface area contributed by atoms with E-state index in [1.165, 1.54) is 12.8 Å². The van der Waals surface area contributed by atoms with E-state index in [2.05, 4.69) is 16.0 Å². The van der Waals surface area contributed by atoms with Crippen LogP contribution >= 0.6 is 0 Å². The summed E-state index contributed by atoms with van der Waals surface area (Å²) in [6.07, 6.45) is 6.08. The van der Waals surface area contributed by atoms with Crippen molar-refractivity contribution in [2.45, 2.75) is 31.7 Å². The zero-order valence-electron chi connectivity index (χ0n) is 11.6. The highest BCUT2D eigenvalue weighted by Gasteiger charge is 2.25. The molecule has 2 aromatic rings. The van der Waals surface area contributed by atoms with Gasteiger partial charge >= 0.3 is 0 Å². The Morgan fingerprint density at radius 2 is 2.15 bits per heavy atom. The second-order valence-electron chi connectivity index (χ2n) is 5.43. The van der Waals surface area contributed by atoms with Crippen LogP contribution in [0.4, 0.5) is 11.4 Å². The molecule has 1 saturated heterocycles. The van der Waals surface area contributed by atoms with Crippen LogP contribution in [0.2, 0.25) is 0 Å². The van der Waals surface area contributed by atoms with Crippen molar-refractivity contribution in [1.82, 2.24) is 4.98 Å². The Morgan fingerprint density at radius 1 is 1.30 bits per heavy atom. The lowest BCUT2D eigenvalue weighted by molar-refractivity contribution is 0.262. The highest BCUT2D eigenvalue weighted by Crippen LogP contribution is 2.36. The molecule has 4 nitrogen and oxygen atoms in total. The number of pyridine rings is 1. The van der Waals surface area contributed by atoms with Crippen LogP contribution in [0, 0.1) is 0 Å². The lowest BCUT2D eigenvalue weighted by Gasteiger charge is -2.38. The Hall–Kier alpha value is -1.81. The van der Waals surface area contributed by atoms with Crippen molar-refractivity contribution in [3.8, 4) is 0 Å². The van der Waals surface area contributed by atoms with Crippen LogP contribution in [0.15, 0.2) is 30.5 Å². The maximum Gasteiger partial charge on any atom is 0.0745 e. The topological polar surface area (TPSA) is 62.4 Å². The third-order valence-corrected chi connectivity index (χ3v) is 4.15. The average molecular weight is 271 g/mol. The van der Waals surface area contributed by atoms with Gasteiger partial charge in [0.1, 0.15) is 0 Å². The molecule has 0 bridgehead atoms. The zero-order chi connectivity index (χ0) is 13.9. The highest BCUT2D eigenvalue weighted by molar-refractivity contribution is 5.97. The molecule has 0 spiro atoms. The Bertz CT molecular complexity index is 597. The van der Waals surface area contributed by atoms with Crippen molar-refractivity contribution in [2.24, 2.45) is 0 Å². The van der Waals surface area contributed by atoms with Crippen molar-refractivity contribution in [3.05, 3.63) is 30.5 Å². The van der Waals surface area contributed by atoms with Crippen molar-refractivity contribution in [3.63, 3.8) is 0 Å². The molecule has 3 N–H and O–H groups in total. The number of nitrogens with zero attached hydrogens (tertiary/aromatic N) is 2. The predicted molar refractivity (Wildman–Crippen MR) is 82.8 cm³/mol. The van der Waals surface area contributed by atoms with Crippen LogP contribution in [0.3, 0.4) is 0 Å². The minimum absolute atomic E-state index is 0.226. The second-order valence-corrected chi connectivity index (χ2v) is 5.43. The van der Waals surface area contributed by atoms with Crippen molar-refractivity contribution < 1.29 is 5.11 Å². The number of hydrogen-bond acceptors (Lipinski definition) is 4. The van der Waals surface area contributed by atoms with Gasteiger partial charge in [0.2, 0.25) is 0 Å². The van der Waals surface area contributed by atoms with Crippen molar-refractivity contribution >= 4 is 22.3 Å². The number of aliphatic hydroxyl groups is 1. The molecule has 1 aliphatic heterocycles. The summed E-state index contributed by atoms with van der Waals surface area (Å²) in [4.78, 5) is 6.78. The molecule has 0 radical (unpaired) electrons. The molecule has 0 saturated carbocycles. The summed E-state index contributed by atoms with van der Waals surface area (Å²) in [5.74, 6) is 0. The van der Waals surface area contributed by atoms with Crippen LogP contribution in [0.25, 0.3) is 10.9 Å². The quantitative estimate of drug-likeness (QED) is 0.900. The molecule has 4 heteroatoms. The predicted octanol–water partition coefficient (Wildman–Crippen LogP) is 2.56. The first kappa shape index (κ1) is 13.2. The third-order valence-electron chi connectivity index (χ3n) is 4.15. The summed E-state index contributed by atoms with van der Waals surface area (Å²) in [6, 6.07) is 8.50. The molecule has 1 unspecified atom stereocenters. The molecule has 1 atom stereocenters. The fourth-order valence-electron chi connectivity index (χ4n) is 3.21. The number of hydrogen-bond donors (Lipinski definition) is 2. The minimum Gasteiger partial charge on any atom is -0.396 e. The van der Waals surface area contributed by atoms with Gasteiger partial charge in [-0.2, -0.15) is 0 Å². The monoisotopic (exact) mass is 271 g/mol. The molecular weight excluding hydrogens is 250 g/mol.